The van der Waals surface area contributed by atoms with E-state index in [-0.39, 0.29) is 5.91 Å². The predicted octanol–water partition coefficient (Wildman–Crippen LogP) is 0.609. The zero-order valence-corrected chi connectivity index (χ0v) is 9.74. The maximum absolute atomic E-state index is 11.8. The van der Waals surface area contributed by atoms with Crippen LogP contribution in [0.3, 0.4) is 0 Å². The molecule has 1 aliphatic heterocycles. The van der Waals surface area contributed by atoms with Gasteiger partial charge < -0.3 is 15.4 Å². The van der Waals surface area contributed by atoms with Crippen molar-refractivity contribution in [2.45, 2.75) is 32.2 Å². The van der Waals surface area contributed by atoms with Crippen molar-refractivity contribution in [2.24, 2.45) is 11.7 Å². The fourth-order valence-electron chi connectivity index (χ4n) is 2.05. The Balaban J connectivity index is 2.35. The van der Waals surface area contributed by atoms with E-state index in [1.807, 2.05) is 4.90 Å². The molecule has 1 fully saturated rings. The molecule has 1 heterocycles. The van der Waals surface area contributed by atoms with E-state index in [0.29, 0.717) is 6.61 Å². The fraction of sp³-hybridized carbons (Fsp3) is 0.909. The van der Waals surface area contributed by atoms with Crippen LogP contribution < -0.4 is 5.73 Å². The molecule has 1 saturated heterocycles. The summed E-state index contributed by atoms with van der Waals surface area (Å²) in [6, 6.07) is -0.492. The lowest BCUT2D eigenvalue weighted by Crippen LogP contribution is -2.48. The van der Waals surface area contributed by atoms with E-state index in [2.05, 4.69) is 6.92 Å². The number of likely N-dealkylation sites (tertiary alicyclic amines) is 1. The number of piperidine rings is 1. The Bertz CT molecular complexity index is 201. The summed E-state index contributed by atoms with van der Waals surface area (Å²) in [5, 5.41) is 0. The van der Waals surface area contributed by atoms with Crippen molar-refractivity contribution in [3.05, 3.63) is 0 Å². The van der Waals surface area contributed by atoms with E-state index in [9.17, 15) is 4.79 Å². The molecular formula is C11H22N2O2. The minimum Gasteiger partial charge on any atom is -0.383 e. The molecule has 1 amide bonds. The molecule has 4 nitrogen and oxygen atoms in total. The molecule has 0 aliphatic carbocycles. The summed E-state index contributed by atoms with van der Waals surface area (Å²) in [7, 11) is 1.57. The first kappa shape index (κ1) is 12.5. The van der Waals surface area contributed by atoms with Crippen LogP contribution in [0.25, 0.3) is 0 Å². The van der Waals surface area contributed by atoms with Crippen molar-refractivity contribution >= 4 is 5.91 Å². The molecule has 0 bridgehead atoms. The van der Waals surface area contributed by atoms with Gasteiger partial charge in [-0.25, -0.2) is 0 Å². The third-order valence-corrected chi connectivity index (χ3v) is 3.17. The monoisotopic (exact) mass is 214 g/mol. The second-order valence-electron chi connectivity index (χ2n) is 4.24. The van der Waals surface area contributed by atoms with E-state index in [1.165, 1.54) is 6.42 Å². The Morgan fingerprint density at radius 1 is 1.53 bits per heavy atom. The largest absolute Gasteiger partial charge is 0.383 e. The highest BCUT2D eigenvalue weighted by atomic mass is 16.5. The highest BCUT2D eigenvalue weighted by Crippen LogP contribution is 2.20. The zero-order chi connectivity index (χ0) is 11.3. The number of ether oxygens (including phenoxy) is 1. The van der Waals surface area contributed by atoms with Crippen molar-refractivity contribution in [3.63, 3.8) is 0 Å². The van der Waals surface area contributed by atoms with Crippen molar-refractivity contribution in [1.82, 2.24) is 4.90 Å². The normalized spacial score (nSPS) is 20.3. The molecule has 0 spiro atoms. The van der Waals surface area contributed by atoms with Crippen LogP contribution in [0, 0.1) is 5.92 Å². The van der Waals surface area contributed by atoms with Gasteiger partial charge in [0.2, 0.25) is 5.91 Å². The number of carbonyl (C=O) groups is 1. The lowest BCUT2D eigenvalue weighted by Gasteiger charge is -2.33. The number of rotatable bonds is 4. The standard InChI is InChI=1S/C11H22N2O2/c1-3-9-4-6-13(7-5-9)11(14)10(12)8-15-2/h9-10H,3-8,12H2,1-2H3. The van der Waals surface area contributed by atoms with Crippen molar-refractivity contribution in [3.8, 4) is 0 Å². The second-order valence-corrected chi connectivity index (χ2v) is 4.24. The molecule has 0 aromatic rings. The van der Waals surface area contributed by atoms with Gasteiger partial charge in [-0.3, -0.25) is 4.79 Å². The highest BCUT2D eigenvalue weighted by Gasteiger charge is 2.25. The molecule has 1 unspecified atom stereocenters. The quantitative estimate of drug-likeness (QED) is 0.746. The number of methoxy groups -OCH3 is 1. The van der Waals surface area contributed by atoms with E-state index in [1.54, 1.807) is 7.11 Å². The summed E-state index contributed by atoms with van der Waals surface area (Å²) in [5.74, 6) is 0.819. The van der Waals surface area contributed by atoms with Crippen LogP contribution in [-0.4, -0.2) is 43.7 Å². The average Bonchev–Trinajstić information content (AvgIpc) is 2.28. The molecule has 1 atom stereocenters. The third-order valence-electron chi connectivity index (χ3n) is 3.17. The van der Waals surface area contributed by atoms with Gasteiger partial charge in [-0.05, 0) is 18.8 Å². The number of hydrogen-bond acceptors (Lipinski definition) is 3. The zero-order valence-electron chi connectivity index (χ0n) is 9.74. The number of hydrogen-bond donors (Lipinski definition) is 1. The van der Waals surface area contributed by atoms with Crippen LogP contribution >= 0.6 is 0 Å². The molecule has 0 radical (unpaired) electrons. The van der Waals surface area contributed by atoms with E-state index >= 15 is 0 Å². The lowest BCUT2D eigenvalue weighted by atomic mass is 9.94. The minimum absolute atomic E-state index is 0.0337. The number of nitrogens with two attached hydrogens (primary N) is 1. The van der Waals surface area contributed by atoms with E-state index < -0.39 is 6.04 Å². The fourth-order valence-corrected chi connectivity index (χ4v) is 2.05. The summed E-state index contributed by atoms with van der Waals surface area (Å²) in [6.45, 7) is 4.23. The van der Waals surface area contributed by atoms with Gasteiger partial charge in [0.25, 0.3) is 0 Å². The summed E-state index contributed by atoms with van der Waals surface area (Å²) in [4.78, 5) is 13.7. The minimum atomic E-state index is -0.492. The lowest BCUT2D eigenvalue weighted by molar-refractivity contribution is -0.135. The molecule has 0 aromatic heterocycles. The Morgan fingerprint density at radius 2 is 2.13 bits per heavy atom. The summed E-state index contributed by atoms with van der Waals surface area (Å²) in [6.07, 6.45) is 3.44. The predicted molar refractivity (Wildman–Crippen MR) is 59.4 cm³/mol. The smallest absolute Gasteiger partial charge is 0.241 e. The molecule has 1 aliphatic rings. The molecule has 15 heavy (non-hydrogen) atoms. The van der Waals surface area contributed by atoms with Crippen molar-refractivity contribution in [2.75, 3.05) is 26.8 Å². The van der Waals surface area contributed by atoms with Gasteiger partial charge in [-0.2, -0.15) is 0 Å². The Kier molecular flexibility index (Phi) is 5.05. The maximum Gasteiger partial charge on any atom is 0.241 e. The molecule has 88 valence electrons. The molecule has 4 heteroatoms. The van der Waals surface area contributed by atoms with Gasteiger partial charge in [0, 0.05) is 20.2 Å². The van der Waals surface area contributed by atoms with Gasteiger partial charge in [0.05, 0.1) is 6.61 Å². The SMILES string of the molecule is CCC1CCN(C(=O)C(N)COC)CC1. The topological polar surface area (TPSA) is 55.6 Å². The van der Waals surface area contributed by atoms with Crippen LogP contribution in [0.5, 0.6) is 0 Å². The maximum atomic E-state index is 11.8. The Labute approximate surface area is 91.8 Å². The molecule has 0 aromatic carbocycles. The summed E-state index contributed by atoms with van der Waals surface area (Å²) in [5.41, 5.74) is 5.71. The molecule has 1 rings (SSSR count). The number of amides is 1. The van der Waals surface area contributed by atoms with Crippen LogP contribution in [0.1, 0.15) is 26.2 Å². The molecule has 2 N–H and O–H groups in total. The van der Waals surface area contributed by atoms with Crippen LogP contribution in [0.15, 0.2) is 0 Å². The first-order valence-electron chi connectivity index (χ1n) is 5.72. The summed E-state index contributed by atoms with van der Waals surface area (Å²) < 4.78 is 4.89. The molecular weight excluding hydrogens is 192 g/mol. The van der Waals surface area contributed by atoms with Crippen LogP contribution in [-0.2, 0) is 9.53 Å². The Hall–Kier alpha value is -0.610. The highest BCUT2D eigenvalue weighted by molar-refractivity contribution is 5.81. The Morgan fingerprint density at radius 3 is 2.60 bits per heavy atom. The number of carbonyl (C=O) groups excluding carboxylic acids is 1. The van der Waals surface area contributed by atoms with Gasteiger partial charge in [-0.1, -0.05) is 13.3 Å². The average molecular weight is 214 g/mol. The molecule has 0 saturated carbocycles. The first-order chi connectivity index (χ1) is 7.19. The van der Waals surface area contributed by atoms with E-state index in [4.69, 9.17) is 10.5 Å². The van der Waals surface area contributed by atoms with Crippen LogP contribution in [0.4, 0.5) is 0 Å². The van der Waals surface area contributed by atoms with Crippen LogP contribution in [0.2, 0.25) is 0 Å². The van der Waals surface area contributed by atoms with Gasteiger partial charge in [0.1, 0.15) is 6.04 Å². The van der Waals surface area contributed by atoms with Crippen molar-refractivity contribution in [1.29, 1.82) is 0 Å². The first-order valence-corrected chi connectivity index (χ1v) is 5.72. The van der Waals surface area contributed by atoms with Crippen molar-refractivity contribution < 1.29 is 9.53 Å². The van der Waals surface area contributed by atoms with Gasteiger partial charge in [-0.15, -0.1) is 0 Å². The summed E-state index contributed by atoms with van der Waals surface area (Å²) >= 11 is 0. The van der Waals surface area contributed by atoms with E-state index in [0.717, 1.165) is 31.8 Å². The van der Waals surface area contributed by atoms with Gasteiger partial charge >= 0.3 is 0 Å². The number of nitrogens with zero attached hydrogens (tertiary/aromatic N) is 1. The van der Waals surface area contributed by atoms with Gasteiger partial charge in [0.15, 0.2) is 0 Å². The third kappa shape index (κ3) is 3.47. The second kappa shape index (κ2) is 6.08.